The number of amides is 1. The number of nitrogens with one attached hydrogen (secondary N) is 1. The minimum absolute atomic E-state index is 0.0437. The van der Waals surface area contributed by atoms with Crippen LogP contribution in [0.5, 0.6) is 28.7 Å². The standard InChI is InChI=1S/C45H32N2O12/c1-3-40(48)55-26-25-54-32-13-7-29(8-14-32)43(51)57-34-15-5-28(6-16-34)42(50)47-39-23-24-46-38-22-21-36(27-37(38)39)59-45(53)31-11-19-35(20-12-31)58-44(52)30-9-17-33(18-10-30)56-41(49)4-2/h3-24,27H,1-2,25-26H2,(H,46,47,50). The molecule has 1 aromatic heterocycles. The van der Waals surface area contributed by atoms with Crippen molar-refractivity contribution in [2.75, 3.05) is 18.5 Å². The molecule has 0 radical (unpaired) electrons. The van der Waals surface area contributed by atoms with Gasteiger partial charge in [-0.05, 0) is 121 Å². The molecule has 14 heteroatoms. The topological polar surface area (TPSA) is 183 Å². The number of carbonyl (C=O) groups is 6. The first-order chi connectivity index (χ1) is 28.6. The van der Waals surface area contributed by atoms with Gasteiger partial charge in [0.05, 0.1) is 27.9 Å². The second kappa shape index (κ2) is 19.0. The number of anilines is 1. The summed E-state index contributed by atoms with van der Waals surface area (Å²) in [5.41, 5.74) is 1.85. The first-order valence-electron chi connectivity index (χ1n) is 17.6. The molecule has 0 saturated carbocycles. The predicted molar refractivity (Wildman–Crippen MR) is 213 cm³/mol. The summed E-state index contributed by atoms with van der Waals surface area (Å²) in [6, 6.07) is 30.1. The van der Waals surface area contributed by atoms with Crippen molar-refractivity contribution in [3.05, 3.63) is 175 Å². The third kappa shape index (κ3) is 10.9. The van der Waals surface area contributed by atoms with Crippen LogP contribution in [0.1, 0.15) is 41.4 Å². The van der Waals surface area contributed by atoms with Crippen molar-refractivity contribution >= 4 is 52.3 Å². The van der Waals surface area contributed by atoms with Crippen molar-refractivity contribution in [3.8, 4) is 28.7 Å². The van der Waals surface area contributed by atoms with Crippen LogP contribution >= 0.6 is 0 Å². The van der Waals surface area contributed by atoms with Crippen LogP contribution in [0.3, 0.4) is 0 Å². The van der Waals surface area contributed by atoms with Crippen molar-refractivity contribution in [3.63, 3.8) is 0 Å². The van der Waals surface area contributed by atoms with E-state index in [2.05, 4.69) is 23.5 Å². The van der Waals surface area contributed by atoms with Gasteiger partial charge in [0.25, 0.3) is 5.91 Å². The molecule has 1 heterocycles. The number of benzene rings is 5. The van der Waals surface area contributed by atoms with Crippen LogP contribution in [0.2, 0.25) is 0 Å². The highest BCUT2D eigenvalue weighted by atomic mass is 16.6. The molecule has 0 atom stereocenters. The van der Waals surface area contributed by atoms with Gasteiger partial charge in [0, 0.05) is 29.3 Å². The minimum atomic E-state index is -0.686. The SMILES string of the molecule is C=CC(=O)OCCOc1ccc(C(=O)Oc2ccc(C(=O)Nc3ccnc4ccc(OC(=O)c5ccc(OC(=O)c6ccc(OC(=O)C=C)cc6)cc5)cc34)cc2)cc1. The van der Waals surface area contributed by atoms with E-state index in [0.29, 0.717) is 22.3 Å². The van der Waals surface area contributed by atoms with E-state index in [4.69, 9.17) is 28.4 Å². The fourth-order valence-electron chi connectivity index (χ4n) is 5.19. The number of rotatable bonds is 15. The zero-order valence-electron chi connectivity index (χ0n) is 31.0. The smallest absolute Gasteiger partial charge is 0.343 e. The highest BCUT2D eigenvalue weighted by Gasteiger charge is 2.16. The number of carbonyl (C=O) groups excluding carboxylic acids is 6. The maximum atomic E-state index is 13.3. The number of hydrogen-bond donors (Lipinski definition) is 1. The number of fused-ring (bicyclic) bond motifs is 1. The van der Waals surface area contributed by atoms with Gasteiger partial charge in [0.15, 0.2) is 0 Å². The largest absolute Gasteiger partial charge is 0.490 e. The molecular formula is C45H32N2O12. The summed E-state index contributed by atoms with van der Waals surface area (Å²) < 4.78 is 31.8. The third-order valence-corrected chi connectivity index (χ3v) is 8.13. The Kier molecular flexibility index (Phi) is 13.0. The lowest BCUT2D eigenvalue weighted by atomic mass is 10.1. The molecule has 0 aliphatic heterocycles. The first kappa shape index (κ1) is 40.3. The number of aromatic nitrogens is 1. The number of nitrogens with zero attached hydrogens (tertiary/aromatic N) is 1. The molecule has 1 amide bonds. The molecule has 6 aromatic rings. The van der Waals surface area contributed by atoms with Crippen molar-refractivity contribution in [2.24, 2.45) is 0 Å². The zero-order chi connectivity index (χ0) is 41.7. The van der Waals surface area contributed by atoms with Gasteiger partial charge >= 0.3 is 29.8 Å². The second-order valence-corrected chi connectivity index (χ2v) is 12.1. The Morgan fingerprint density at radius 3 is 1.49 bits per heavy atom. The molecule has 0 saturated heterocycles. The van der Waals surface area contributed by atoms with Gasteiger partial charge in [-0.15, -0.1) is 0 Å². The molecule has 59 heavy (non-hydrogen) atoms. The van der Waals surface area contributed by atoms with E-state index in [-0.39, 0.29) is 58.5 Å². The Morgan fingerprint density at radius 1 is 0.508 bits per heavy atom. The molecule has 0 unspecified atom stereocenters. The quantitative estimate of drug-likeness (QED) is 0.0472. The van der Waals surface area contributed by atoms with Gasteiger partial charge in [-0.3, -0.25) is 9.78 Å². The Labute approximate surface area is 336 Å². The third-order valence-electron chi connectivity index (χ3n) is 8.13. The fourth-order valence-corrected chi connectivity index (χ4v) is 5.19. The van der Waals surface area contributed by atoms with Gasteiger partial charge in [-0.2, -0.15) is 0 Å². The Morgan fingerprint density at radius 2 is 0.966 bits per heavy atom. The van der Waals surface area contributed by atoms with Gasteiger partial charge in [-0.25, -0.2) is 24.0 Å². The molecule has 1 N–H and O–H groups in total. The highest BCUT2D eigenvalue weighted by molar-refractivity contribution is 6.09. The predicted octanol–water partition coefficient (Wildman–Crippen LogP) is 7.34. The van der Waals surface area contributed by atoms with Gasteiger partial charge in [0.1, 0.15) is 42.0 Å². The van der Waals surface area contributed by atoms with Crippen molar-refractivity contribution in [1.82, 2.24) is 4.98 Å². The second-order valence-electron chi connectivity index (χ2n) is 12.1. The maximum absolute atomic E-state index is 13.3. The van der Waals surface area contributed by atoms with E-state index in [1.54, 1.807) is 36.4 Å². The fraction of sp³-hybridized carbons (Fsp3) is 0.0444. The summed E-state index contributed by atoms with van der Waals surface area (Å²) in [5, 5.41) is 3.34. The molecule has 0 bridgehead atoms. The molecule has 14 nitrogen and oxygen atoms in total. The monoisotopic (exact) mass is 792 g/mol. The molecule has 0 aliphatic carbocycles. The van der Waals surface area contributed by atoms with E-state index in [0.717, 1.165) is 12.2 Å². The Hall–Kier alpha value is -8.39. The lowest BCUT2D eigenvalue weighted by molar-refractivity contribution is -0.138. The van der Waals surface area contributed by atoms with Crippen LogP contribution in [-0.2, 0) is 14.3 Å². The summed E-state index contributed by atoms with van der Waals surface area (Å²) in [4.78, 5) is 78.4. The Bertz CT molecular complexity index is 2550. The maximum Gasteiger partial charge on any atom is 0.343 e. The van der Waals surface area contributed by atoms with Gasteiger partial charge in [-0.1, -0.05) is 13.2 Å². The van der Waals surface area contributed by atoms with E-state index >= 15 is 0 Å². The number of ether oxygens (including phenoxy) is 6. The minimum Gasteiger partial charge on any atom is -0.490 e. The molecule has 5 aromatic carbocycles. The summed E-state index contributed by atoms with van der Waals surface area (Å²) in [5.74, 6) is -2.34. The van der Waals surface area contributed by atoms with E-state index in [9.17, 15) is 28.8 Å². The molecular weight excluding hydrogens is 760 g/mol. The summed E-state index contributed by atoms with van der Waals surface area (Å²) in [6.07, 6.45) is 3.60. The highest BCUT2D eigenvalue weighted by Crippen LogP contribution is 2.28. The Balaban J connectivity index is 1.02. The van der Waals surface area contributed by atoms with E-state index < -0.39 is 35.8 Å². The number of hydrogen-bond acceptors (Lipinski definition) is 13. The van der Waals surface area contributed by atoms with E-state index in [1.807, 2.05) is 0 Å². The normalized spacial score (nSPS) is 10.4. The van der Waals surface area contributed by atoms with Gasteiger partial charge in [0.2, 0.25) is 0 Å². The summed E-state index contributed by atoms with van der Waals surface area (Å²) in [7, 11) is 0. The van der Waals surface area contributed by atoms with E-state index in [1.165, 1.54) is 91.1 Å². The number of pyridine rings is 1. The average Bonchev–Trinajstić information content (AvgIpc) is 3.26. The van der Waals surface area contributed by atoms with Gasteiger partial charge < -0.3 is 33.7 Å². The number of esters is 5. The van der Waals surface area contributed by atoms with Crippen molar-refractivity contribution in [1.29, 1.82) is 0 Å². The van der Waals surface area contributed by atoms with Crippen LogP contribution in [0.4, 0.5) is 5.69 Å². The van der Waals surface area contributed by atoms with Crippen LogP contribution in [0.15, 0.2) is 153 Å². The van der Waals surface area contributed by atoms with Crippen LogP contribution in [-0.4, -0.2) is 54.0 Å². The zero-order valence-corrected chi connectivity index (χ0v) is 31.0. The average molecular weight is 793 g/mol. The molecule has 6 rings (SSSR count). The molecule has 0 spiro atoms. The molecule has 294 valence electrons. The van der Waals surface area contributed by atoms with Crippen molar-refractivity contribution < 1.29 is 57.2 Å². The lowest BCUT2D eigenvalue weighted by Crippen LogP contribution is -2.13. The van der Waals surface area contributed by atoms with Crippen LogP contribution in [0.25, 0.3) is 10.9 Å². The molecule has 0 aliphatic rings. The molecule has 0 fully saturated rings. The summed E-state index contributed by atoms with van der Waals surface area (Å²) in [6.45, 7) is 6.81. The van der Waals surface area contributed by atoms with Crippen molar-refractivity contribution in [2.45, 2.75) is 0 Å². The first-order valence-corrected chi connectivity index (χ1v) is 17.6. The van der Waals surface area contributed by atoms with Crippen LogP contribution in [0, 0.1) is 0 Å². The van der Waals surface area contributed by atoms with Crippen LogP contribution < -0.4 is 29.0 Å². The summed E-state index contributed by atoms with van der Waals surface area (Å²) >= 11 is 0. The lowest BCUT2D eigenvalue weighted by Gasteiger charge is -2.11.